The number of halogens is 1. The van der Waals surface area contributed by atoms with E-state index in [4.69, 9.17) is 0 Å². The van der Waals surface area contributed by atoms with E-state index in [-0.39, 0.29) is 0 Å². The largest absolute Gasteiger partial charge is 0.389 e. The quantitative estimate of drug-likeness (QED) is 0.928. The number of pyridine rings is 1. The maximum atomic E-state index is 9.52. The molecule has 1 heterocycles. The number of nitrogens with zero attached hydrogens (tertiary/aromatic N) is 1. The summed E-state index contributed by atoms with van der Waals surface area (Å²) >= 11 is 5.08. The van der Waals surface area contributed by atoms with Crippen LogP contribution < -0.4 is 0 Å². The molecule has 1 unspecified atom stereocenters. The van der Waals surface area contributed by atoms with Gasteiger partial charge in [-0.3, -0.25) is 0 Å². The molecule has 0 bridgehead atoms. The second-order valence-corrected chi connectivity index (χ2v) is 5.55. The van der Waals surface area contributed by atoms with Crippen LogP contribution in [0.5, 0.6) is 0 Å². The lowest BCUT2D eigenvalue weighted by Gasteiger charge is -2.07. The Morgan fingerprint density at radius 2 is 2.06 bits per heavy atom. The Bertz CT molecular complexity index is 516. The zero-order valence-corrected chi connectivity index (χ0v) is 11.7. The van der Waals surface area contributed by atoms with Gasteiger partial charge >= 0.3 is 0 Å². The Balaban J connectivity index is 2.25. The predicted molar refractivity (Wildman–Crippen MR) is 73.1 cm³/mol. The summed E-state index contributed by atoms with van der Waals surface area (Å²) in [5.41, 5.74) is 0.884. The predicted octanol–water partition coefficient (Wildman–Crippen LogP) is 4.05. The highest BCUT2D eigenvalue weighted by atomic mass is 79.9. The van der Waals surface area contributed by atoms with Crippen molar-refractivity contribution >= 4 is 27.7 Å². The van der Waals surface area contributed by atoms with Gasteiger partial charge in [0.15, 0.2) is 0 Å². The highest BCUT2D eigenvalue weighted by Crippen LogP contribution is 2.32. The van der Waals surface area contributed by atoms with Crippen molar-refractivity contribution < 1.29 is 5.11 Å². The number of benzene rings is 1. The number of aliphatic hydroxyl groups is 1. The topological polar surface area (TPSA) is 33.1 Å². The minimum absolute atomic E-state index is 0.462. The van der Waals surface area contributed by atoms with Crippen LogP contribution >= 0.6 is 27.7 Å². The zero-order chi connectivity index (χ0) is 12.3. The van der Waals surface area contributed by atoms with Crippen molar-refractivity contribution in [3.05, 3.63) is 52.6 Å². The van der Waals surface area contributed by atoms with Crippen molar-refractivity contribution in [2.75, 3.05) is 0 Å². The molecular formula is C13H12BrNOS. The fraction of sp³-hybridized carbons (Fsp3) is 0.154. The maximum absolute atomic E-state index is 9.52. The van der Waals surface area contributed by atoms with Crippen LogP contribution in [0.2, 0.25) is 0 Å². The molecule has 0 radical (unpaired) electrons. The van der Waals surface area contributed by atoms with Crippen LogP contribution in [-0.2, 0) is 0 Å². The van der Waals surface area contributed by atoms with Crippen molar-refractivity contribution in [2.24, 2.45) is 0 Å². The Hall–Kier alpha value is -0.840. The lowest BCUT2D eigenvalue weighted by Crippen LogP contribution is -1.92. The first-order chi connectivity index (χ1) is 8.16. The van der Waals surface area contributed by atoms with Crippen LogP contribution in [0.25, 0.3) is 0 Å². The van der Waals surface area contributed by atoms with E-state index in [9.17, 15) is 5.11 Å². The van der Waals surface area contributed by atoms with Gasteiger partial charge in [-0.15, -0.1) is 0 Å². The van der Waals surface area contributed by atoms with Gasteiger partial charge in [-0.25, -0.2) is 4.98 Å². The molecule has 4 heteroatoms. The Morgan fingerprint density at radius 1 is 1.29 bits per heavy atom. The second-order valence-electron chi connectivity index (χ2n) is 3.64. The second kappa shape index (κ2) is 5.67. The van der Waals surface area contributed by atoms with Gasteiger partial charge in [-0.1, -0.05) is 23.9 Å². The van der Waals surface area contributed by atoms with Crippen molar-refractivity contribution in [1.82, 2.24) is 4.98 Å². The summed E-state index contributed by atoms with van der Waals surface area (Å²) in [7, 11) is 0. The van der Waals surface area contributed by atoms with Crippen LogP contribution in [0, 0.1) is 0 Å². The van der Waals surface area contributed by atoms with Crippen molar-refractivity contribution in [2.45, 2.75) is 22.9 Å². The van der Waals surface area contributed by atoms with Crippen molar-refractivity contribution in [3.8, 4) is 0 Å². The molecule has 1 aromatic carbocycles. The monoisotopic (exact) mass is 309 g/mol. The molecule has 0 amide bonds. The number of hydrogen-bond donors (Lipinski definition) is 1. The number of aromatic nitrogens is 1. The fourth-order valence-electron chi connectivity index (χ4n) is 1.38. The third-order valence-electron chi connectivity index (χ3n) is 2.29. The number of rotatable bonds is 3. The number of hydrogen-bond acceptors (Lipinski definition) is 3. The first kappa shape index (κ1) is 12.6. The van der Waals surface area contributed by atoms with Crippen LogP contribution in [0.3, 0.4) is 0 Å². The summed E-state index contributed by atoms with van der Waals surface area (Å²) in [6, 6.07) is 11.7. The molecule has 1 aromatic heterocycles. The van der Waals surface area contributed by atoms with E-state index in [1.165, 1.54) is 0 Å². The molecule has 1 N–H and O–H groups in total. The van der Waals surface area contributed by atoms with E-state index < -0.39 is 6.10 Å². The third-order valence-corrected chi connectivity index (χ3v) is 4.25. The summed E-state index contributed by atoms with van der Waals surface area (Å²) in [6.45, 7) is 1.75. The molecule has 88 valence electrons. The van der Waals surface area contributed by atoms with Gasteiger partial charge in [0.05, 0.1) is 6.10 Å². The van der Waals surface area contributed by atoms with E-state index in [2.05, 4.69) is 20.9 Å². The fourth-order valence-corrected chi connectivity index (χ4v) is 2.75. The molecule has 0 aliphatic heterocycles. The Kier molecular flexibility index (Phi) is 4.20. The maximum Gasteiger partial charge on any atom is 0.101 e. The van der Waals surface area contributed by atoms with E-state index in [1.807, 2.05) is 36.4 Å². The van der Waals surface area contributed by atoms with Gasteiger partial charge in [-0.05, 0) is 52.7 Å². The van der Waals surface area contributed by atoms with E-state index in [0.717, 1.165) is 20.0 Å². The smallest absolute Gasteiger partial charge is 0.101 e. The molecule has 2 nitrogen and oxygen atoms in total. The molecule has 0 saturated carbocycles. The standard InChI is InChI=1S/C13H12BrNOS/c1-9(16)10-6-7-15-13(8-10)17-12-5-3-2-4-11(12)14/h2-9,16H,1H3. The van der Waals surface area contributed by atoms with E-state index >= 15 is 0 Å². The average molecular weight is 310 g/mol. The van der Waals surface area contributed by atoms with Crippen molar-refractivity contribution in [1.29, 1.82) is 0 Å². The van der Waals surface area contributed by atoms with Crippen molar-refractivity contribution in [3.63, 3.8) is 0 Å². The normalized spacial score (nSPS) is 12.4. The summed E-state index contributed by atoms with van der Waals surface area (Å²) < 4.78 is 1.05. The van der Waals surface area contributed by atoms with Gasteiger partial charge in [-0.2, -0.15) is 0 Å². The molecule has 17 heavy (non-hydrogen) atoms. The molecule has 2 rings (SSSR count). The summed E-state index contributed by atoms with van der Waals surface area (Å²) in [6.07, 6.45) is 1.26. The van der Waals surface area contributed by atoms with Crippen LogP contribution in [0.1, 0.15) is 18.6 Å². The summed E-state index contributed by atoms with van der Waals surface area (Å²) in [5, 5.41) is 10.4. The number of aliphatic hydroxyl groups excluding tert-OH is 1. The van der Waals surface area contributed by atoms with Gasteiger partial charge in [0.2, 0.25) is 0 Å². The first-order valence-electron chi connectivity index (χ1n) is 5.23. The molecule has 0 aliphatic rings. The lowest BCUT2D eigenvalue weighted by atomic mass is 10.2. The zero-order valence-electron chi connectivity index (χ0n) is 9.30. The average Bonchev–Trinajstić information content (AvgIpc) is 2.32. The molecule has 2 aromatic rings. The minimum atomic E-state index is -0.462. The molecule has 0 aliphatic carbocycles. The summed E-state index contributed by atoms with van der Waals surface area (Å²) in [5.74, 6) is 0. The van der Waals surface area contributed by atoms with Crippen LogP contribution in [0.15, 0.2) is 57.0 Å². The van der Waals surface area contributed by atoms with Gasteiger partial charge in [0, 0.05) is 15.6 Å². The third kappa shape index (κ3) is 3.31. The Morgan fingerprint density at radius 3 is 2.76 bits per heavy atom. The highest BCUT2D eigenvalue weighted by molar-refractivity contribution is 9.10. The highest BCUT2D eigenvalue weighted by Gasteiger charge is 2.05. The minimum Gasteiger partial charge on any atom is -0.389 e. The summed E-state index contributed by atoms with van der Waals surface area (Å²) in [4.78, 5) is 5.40. The molecule has 0 fully saturated rings. The molecule has 0 spiro atoms. The SMILES string of the molecule is CC(O)c1ccnc(Sc2ccccc2Br)c1. The van der Waals surface area contributed by atoms with Gasteiger partial charge in [0.1, 0.15) is 5.03 Å². The van der Waals surface area contributed by atoms with Gasteiger partial charge in [0.25, 0.3) is 0 Å². The van der Waals surface area contributed by atoms with E-state index in [1.54, 1.807) is 24.9 Å². The molecule has 0 saturated heterocycles. The first-order valence-corrected chi connectivity index (χ1v) is 6.84. The Labute approximate surface area is 113 Å². The van der Waals surface area contributed by atoms with Crippen LogP contribution in [0.4, 0.5) is 0 Å². The van der Waals surface area contributed by atoms with Gasteiger partial charge < -0.3 is 5.11 Å². The molecular weight excluding hydrogens is 298 g/mol. The molecule has 1 atom stereocenters. The van der Waals surface area contributed by atoms with Crippen LogP contribution in [-0.4, -0.2) is 10.1 Å². The van der Waals surface area contributed by atoms with E-state index in [0.29, 0.717) is 0 Å². The lowest BCUT2D eigenvalue weighted by molar-refractivity contribution is 0.199.